The van der Waals surface area contributed by atoms with Crippen LogP contribution in [0.2, 0.25) is 0 Å². The number of hydrogen-bond acceptors (Lipinski definition) is 6. The first kappa shape index (κ1) is 16.4. The predicted octanol–water partition coefficient (Wildman–Crippen LogP) is 2.92. The largest absolute Gasteiger partial charge is 0.326 e. The lowest BCUT2D eigenvalue weighted by Gasteiger charge is -2.10. The Hall–Kier alpha value is -1.93. The van der Waals surface area contributed by atoms with Crippen molar-refractivity contribution in [2.24, 2.45) is 0 Å². The van der Waals surface area contributed by atoms with Crippen LogP contribution in [0.5, 0.6) is 0 Å². The van der Waals surface area contributed by atoms with Crippen LogP contribution in [-0.2, 0) is 9.59 Å². The van der Waals surface area contributed by atoms with Gasteiger partial charge in [0.15, 0.2) is 0 Å². The minimum absolute atomic E-state index is 0.111. The topological polar surface area (TPSA) is 84.0 Å². The molecule has 1 aromatic heterocycles. The van der Waals surface area contributed by atoms with Gasteiger partial charge in [0.2, 0.25) is 16.9 Å². The highest BCUT2D eigenvalue weighted by Crippen LogP contribution is 2.26. The van der Waals surface area contributed by atoms with Crippen molar-refractivity contribution in [3.05, 3.63) is 29.3 Å². The molecule has 8 heteroatoms. The number of carbonyl (C=O) groups is 2. The quantitative estimate of drug-likeness (QED) is 0.820. The maximum atomic E-state index is 12.1. The van der Waals surface area contributed by atoms with Crippen LogP contribution in [0.15, 0.2) is 29.2 Å². The van der Waals surface area contributed by atoms with Crippen molar-refractivity contribution in [3.63, 3.8) is 0 Å². The second kappa shape index (κ2) is 7.37. The Bertz CT molecular complexity index is 670. The minimum atomic E-state index is -0.268. The standard InChI is InChI=1S/C14H16N4O2S2/c1-8(13(20)16-14-18-17-10(3)22-14)21-12-6-4-11(5-7-12)15-9(2)19/h4-8H,1-3H3,(H,15,19)(H,16,18,20). The van der Waals surface area contributed by atoms with Crippen LogP contribution in [0.4, 0.5) is 10.8 Å². The molecule has 0 radical (unpaired) electrons. The number of amides is 2. The number of aromatic nitrogens is 2. The first-order chi connectivity index (χ1) is 10.4. The second-order valence-electron chi connectivity index (χ2n) is 4.58. The van der Waals surface area contributed by atoms with Crippen molar-refractivity contribution in [3.8, 4) is 0 Å². The summed E-state index contributed by atoms with van der Waals surface area (Å²) in [6, 6.07) is 7.36. The number of nitrogens with zero attached hydrogens (tertiary/aromatic N) is 2. The maximum absolute atomic E-state index is 12.1. The fraction of sp³-hybridized carbons (Fsp3) is 0.286. The van der Waals surface area contributed by atoms with E-state index in [4.69, 9.17) is 0 Å². The Morgan fingerprint density at radius 3 is 2.41 bits per heavy atom. The van der Waals surface area contributed by atoms with Crippen molar-refractivity contribution in [1.82, 2.24) is 10.2 Å². The highest BCUT2D eigenvalue weighted by molar-refractivity contribution is 8.00. The van der Waals surface area contributed by atoms with Crippen LogP contribution in [-0.4, -0.2) is 27.3 Å². The normalized spacial score (nSPS) is 11.8. The van der Waals surface area contributed by atoms with E-state index in [1.807, 2.05) is 38.1 Å². The van der Waals surface area contributed by atoms with E-state index in [-0.39, 0.29) is 17.1 Å². The number of rotatable bonds is 5. The summed E-state index contributed by atoms with van der Waals surface area (Å²) in [4.78, 5) is 24.0. The third kappa shape index (κ3) is 4.81. The first-order valence-electron chi connectivity index (χ1n) is 6.59. The Morgan fingerprint density at radius 2 is 1.86 bits per heavy atom. The summed E-state index contributed by atoms with van der Waals surface area (Å²) >= 11 is 2.78. The van der Waals surface area contributed by atoms with Gasteiger partial charge in [-0.3, -0.25) is 14.9 Å². The molecule has 0 aliphatic heterocycles. The van der Waals surface area contributed by atoms with Crippen LogP contribution >= 0.6 is 23.1 Å². The third-order valence-corrected chi connectivity index (χ3v) is 4.48. The van der Waals surface area contributed by atoms with Crippen molar-refractivity contribution < 1.29 is 9.59 Å². The van der Waals surface area contributed by atoms with Gasteiger partial charge in [0.25, 0.3) is 0 Å². The molecule has 0 fully saturated rings. The molecule has 2 rings (SSSR count). The SMILES string of the molecule is CC(=O)Nc1ccc(SC(C)C(=O)Nc2nnc(C)s2)cc1. The van der Waals surface area contributed by atoms with Crippen LogP contribution < -0.4 is 10.6 Å². The van der Waals surface area contributed by atoms with Gasteiger partial charge in [-0.1, -0.05) is 11.3 Å². The van der Waals surface area contributed by atoms with Crippen LogP contribution in [0.25, 0.3) is 0 Å². The lowest BCUT2D eigenvalue weighted by Crippen LogP contribution is -2.22. The van der Waals surface area contributed by atoms with E-state index in [0.29, 0.717) is 5.13 Å². The molecule has 1 unspecified atom stereocenters. The molecule has 0 aliphatic rings. The predicted molar refractivity (Wildman–Crippen MR) is 89.3 cm³/mol. The summed E-state index contributed by atoms with van der Waals surface area (Å²) in [5, 5.41) is 14.2. The summed E-state index contributed by atoms with van der Waals surface area (Å²) in [6.45, 7) is 5.13. The van der Waals surface area contributed by atoms with E-state index < -0.39 is 0 Å². The summed E-state index contributed by atoms with van der Waals surface area (Å²) in [5.41, 5.74) is 0.735. The van der Waals surface area contributed by atoms with Gasteiger partial charge in [-0.15, -0.1) is 22.0 Å². The minimum Gasteiger partial charge on any atom is -0.326 e. The highest BCUT2D eigenvalue weighted by atomic mass is 32.2. The van der Waals surface area contributed by atoms with Gasteiger partial charge >= 0.3 is 0 Å². The van der Waals surface area contributed by atoms with Gasteiger partial charge in [-0.2, -0.15) is 0 Å². The smallest absolute Gasteiger partial charge is 0.239 e. The summed E-state index contributed by atoms with van der Waals surface area (Å²) < 4.78 is 0. The van der Waals surface area contributed by atoms with Crippen LogP contribution in [0, 0.1) is 6.92 Å². The molecule has 0 saturated heterocycles. The molecule has 6 nitrogen and oxygen atoms in total. The first-order valence-corrected chi connectivity index (χ1v) is 8.29. The molecule has 0 bridgehead atoms. The number of nitrogens with one attached hydrogen (secondary N) is 2. The second-order valence-corrected chi connectivity index (χ2v) is 7.18. The van der Waals surface area contributed by atoms with Gasteiger partial charge in [0.05, 0.1) is 5.25 Å². The van der Waals surface area contributed by atoms with Crippen molar-refractivity contribution in [1.29, 1.82) is 0 Å². The number of hydrogen-bond donors (Lipinski definition) is 2. The molecule has 2 N–H and O–H groups in total. The van der Waals surface area contributed by atoms with Crippen molar-refractivity contribution >= 4 is 45.7 Å². The molecule has 0 aliphatic carbocycles. The van der Waals surface area contributed by atoms with Gasteiger partial charge in [0, 0.05) is 17.5 Å². The summed E-state index contributed by atoms with van der Waals surface area (Å²) in [5.74, 6) is -0.229. The Labute approximate surface area is 136 Å². The van der Waals surface area contributed by atoms with Crippen LogP contribution in [0.3, 0.4) is 0 Å². The molecule has 2 amide bonds. The van der Waals surface area contributed by atoms with E-state index >= 15 is 0 Å². The van der Waals surface area contributed by atoms with Gasteiger partial charge < -0.3 is 5.32 Å². The average Bonchev–Trinajstić information content (AvgIpc) is 2.85. The number of carbonyl (C=O) groups excluding carboxylic acids is 2. The summed E-state index contributed by atoms with van der Waals surface area (Å²) in [6.07, 6.45) is 0. The molecule has 1 atom stereocenters. The Kier molecular flexibility index (Phi) is 5.51. The monoisotopic (exact) mass is 336 g/mol. The zero-order valence-corrected chi connectivity index (χ0v) is 14.0. The lowest BCUT2D eigenvalue weighted by molar-refractivity contribution is -0.115. The Balaban J connectivity index is 1.91. The number of aryl methyl sites for hydroxylation is 1. The van der Waals surface area contributed by atoms with E-state index in [1.54, 1.807) is 0 Å². The van der Waals surface area contributed by atoms with Crippen LogP contribution in [0.1, 0.15) is 18.9 Å². The number of anilines is 2. The molecule has 116 valence electrons. The maximum Gasteiger partial charge on any atom is 0.239 e. The molecule has 0 spiro atoms. The zero-order valence-electron chi connectivity index (χ0n) is 12.4. The van der Waals surface area contributed by atoms with Gasteiger partial charge in [0.1, 0.15) is 5.01 Å². The molecule has 0 saturated carbocycles. The Morgan fingerprint density at radius 1 is 1.18 bits per heavy atom. The number of thioether (sulfide) groups is 1. The fourth-order valence-corrected chi connectivity index (χ4v) is 3.09. The van der Waals surface area contributed by atoms with E-state index in [1.165, 1.54) is 30.0 Å². The van der Waals surface area contributed by atoms with Gasteiger partial charge in [-0.25, -0.2) is 0 Å². The highest BCUT2D eigenvalue weighted by Gasteiger charge is 2.16. The zero-order chi connectivity index (χ0) is 16.1. The molecular weight excluding hydrogens is 320 g/mol. The summed E-state index contributed by atoms with van der Waals surface area (Å²) in [7, 11) is 0. The average molecular weight is 336 g/mol. The van der Waals surface area contributed by atoms with Gasteiger partial charge in [-0.05, 0) is 38.1 Å². The van der Waals surface area contributed by atoms with Crippen molar-refractivity contribution in [2.75, 3.05) is 10.6 Å². The van der Waals surface area contributed by atoms with E-state index in [9.17, 15) is 9.59 Å². The molecular formula is C14H16N4O2S2. The molecule has 1 aromatic carbocycles. The molecule has 22 heavy (non-hydrogen) atoms. The molecule has 1 heterocycles. The van der Waals surface area contributed by atoms with Crippen molar-refractivity contribution in [2.45, 2.75) is 30.9 Å². The number of benzene rings is 1. The fourth-order valence-electron chi connectivity index (χ4n) is 1.63. The molecule has 2 aromatic rings. The lowest BCUT2D eigenvalue weighted by atomic mass is 10.3. The van der Waals surface area contributed by atoms with E-state index in [0.717, 1.165) is 15.6 Å². The third-order valence-electron chi connectivity index (χ3n) is 2.61. The van der Waals surface area contributed by atoms with E-state index in [2.05, 4.69) is 20.8 Å².